The summed E-state index contributed by atoms with van der Waals surface area (Å²) in [4.78, 5) is 8.78. The average Bonchev–Trinajstić information content (AvgIpc) is 3.01. The predicted molar refractivity (Wildman–Crippen MR) is 101 cm³/mol. The number of rotatable bonds is 4. The van der Waals surface area contributed by atoms with Crippen molar-refractivity contribution in [2.45, 2.75) is 13.5 Å². The molecule has 24 heavy (non-hydrogen) atoms. The monoisotopic (exact) mass is 319 g/mol. The van der Waals surface area contributed by atoms with E-state index in [1.165, 1.54) is 40.8 Å². The molecule has 2 aromatic carbocycles. The van der Waals surface area contributed by atoms with E-state index in [9.17, 15) is 0 Å². The summed E-state index contributed by atoms with van der Waals surface area (Å²) >= 11 is 0. The normalized spacial score (nSPS) is 16.7. The summed E-state index contributed by atoms with van der Waals surface area (Å²) in [5.74, 6) is 0. The van der Waals surface area contributed by atoms with E-state index >= 15 is 0 Å². The molecule has 0 atom stereocenters. The van der Waals surface area contributed by atoms with Crippen LogP contribution in [0.25, 0.3) is 22.0 Å². The molecule has 3 heteroatoms. The summed E-state index contributed by atoms with van der Waals surface area (Å²) in [7, 11) is 0. The molecule has 3 nitrogen and oxygen atoms in total. The molecule has 0 bridgehead atoms. The summed E-state index contributed by atoms with van der Waals surface area (Å²) in [6.45, 7) is 9.07. The highest BCUT2D eigenvalue weighted by Gasteiger charge is 2.19. The highest BCUT2D eigenvalue weighted by molar-refractivity contribution is 5.97. The van der Waals surface area contributed by atoms with Crippen molar-refractivity contribution >= 4 is 10.9 Å². The second-order valence-electron chi connectivity index (χ2n) is 6.60. The molecule has 1 aliphatic rings. The number of hydrogen-bond donors (Lipinski definition) is 1. The van der Waals surface area contributed by atoms with Crippen molar-refractivity contribution in [3.63, 3.8) is 0 Å². The van der Waals surface area contributed by atoms with Crippen LogP contribution in [0, 0.1) is 0 Å². The second-order valence-corrected chi connectivity index (χ2v) is 6.60. The van der Waals surface area contributed by atoms with Gasteiger partial charge in [0.05, 0.1) is 0 Å². The first-order valence-electron chi connectivity index (χ1n) is 8.95. The minimum atomic E-state index is 0.996. The van der Waals surface area contributed by atoms with Crippen LogP contribution in [0.5, 0.6) is 0 Å². The molecule has 0 spiro atoms. The van der Waals surface area contributed by atoms with Crippen LogP contribution < -0.4 is 0 Å². The van der Waals surface area contributed by atoms with Crippen molar-refractivity contribution in [2.75, 3.05) is 32.7 Å². The van der Waals surface area contributed by atoms with Gasteiger partial charge in [-0.15, -0.1) is 0 Å². The van der Waals surface area contributed by atoms with E-state index in [1.807, 2.05) is 0 Å². The van der Waals surface area contributed by atoms with Gasteiger partial charge in [-0.25, -0.2) is 0 Å². The minimum absolute atomic E-state index is 0.996. The maximum Gasteiger partial charge on any atom is 0.0462 e. The maximum atomic E-state index is 3.68. The number of piperazine rings is 1. The van der Waals surface area contributed by atoms with Crippen LogP contribution in [0.4, 0.5) is 0 Å². The Bertz CT molecular complexity index is 798. The maximum absolute atomic E-state index is 3.68. The molecule has 3 aromatic rings. The van der Waals surface area contributed by atoms with E-state index in [2.05, 4.69) is 76.3 Å². The molecule has 124 valence electrons. The molecule has 0 aliphatic carbocycles. The van der Waals surface area contributed by atoms with E-state index in [0.717, 1.165) is 26.2 Å². The van der Waals surface area contributed by atoms with E-state index in [0.29, 0.717) is 0 Å². The van der Waals surface area contributed by atoms with Crippen molar-refractivity contribution in [2.24, 2.45) is 0 Å². The van der Waals surface area contributed by atoms with Crippen molar-refractivity contribution in [1.82, 2.24) is 14.8 Å². The molecule has 1 aromatic heterocycles. The number of H-pyrrole nitrogens is 1. The van der Waals surface area contributed by atoms with Gasteiger partial charge in [0.2, 0.25) is 0 Å². The Hall–Kier alpha value is -2.10. The molecule has 0 amide bonds. The summed E-state index contributed by atoms with van der Waals surface area (Å²) < 4.78 is 0. The van der Waals surface area contributed by atoms with Crippen LogP contribution in [0.1, 0.15) is 12.6 Å². The molecular formula is C21H25N3. The largest absolute Gasteiger partial charge is 0.357 e. The van der Waals surface area contributed by atoms with Gasteiger partial charge in [-0.05, 0) is 18.2 Å². The Morgan fingerprint density at radius 2 is 1.50 bits per heavy atom. The lowest BCUT2D eigenvalue weighted by atomic mass is 10.0. The van der Waals surface area contributed by atoms with E-state index in [-0.39, 0.29) is 0 Å². The fourth-order valence-corrected chi connectivity index (χ4v) is 3.74. The van der Waals surface area contributed by atoms with Crippen LogP contribution >= 0.6 is 0 Å². The Labute approximate surface area is 143 Å². The fraction of sp³-hybridized carbons (Fsp3) is 0.333. The first kappa shape index (κ1) is 15.4. The molecule has 1 aliphatic heterocycles. The molecule has 1 fully saturated rings. The molecule has 4 rings (SSSR count). The number of hydrogen-bond acceptors (Lipinski definition) is 2. The number of likely N-dealkylation sites (N-methyl/N-ethyl adjacent to an activating group) is 1. The third kappa shape index (κ3) is 2.97. The van der Waals surface area contributed by atoms with Gasteiger partial charge in [0, 0.05) is 54.9 Å². The Balaban J connectivity index is 1.68. The number of aromatic nitrogens is 1. The summed E-state index contributed by atoms with van der Waals surface area (Å²) in [6.07, 6.45) is 0. The van der Waals surface area contributed by atoms with Gasteiger partial charge in [0.15, 0.2) is 0 Å². The van der Waals surface area contributed by atoms with Crippen LogP contribution in [0.3, 0.4) is 0 Å². The lowest BCUT2D eigenvalue weighted by Gasteiger charge is -2.34. The van der Waals surface area contributed by atoms with Gasteiger partial charge in [-0.2, -0.15) is 0 Å². The fourth-order valence-electron chi connectivity index (χ4n) is 3.74. The van der Waals surface area contributed by atoms with Gasteiger partial charge in [0.25, 0.3) is 0 Å². The van der Waals surface area contributed by atoms with Gasteiger partial charge >= 0.3 is 0 Å². The van der Waals surface area contributed by atoms with Gasteiger partial charge in [-0.1, -0.05) is 55.5 Å². The molecule has 0 saturated carbocycles. The van der Waals surface area contributed by atoms with Gasteiger partial charge in [-0.3, -0.25) is 4.90 Å². The predicted octanol–water partition coefficient (Wildman–Crippen LogP) is 3.97. The SMILES string of the molecule is CCN1CCN(Cc2[nH]c3ccccc3c2-c2ccccc2)CC1. The van der Waals surface area contributed by atoms with Gasteiger partial charge < -0.3 is 9.88 Å². The Kier molecular flexibility index (Phi) is 4.37. The van der Waals surface area contributed by atoms with Crippen LogP contribution in [0.15, 0.2) is 54.6 Å². The second kappa shape index (κ2) is 6.80. The van der Waals surface area contributed by atoms with E-state index in [4.69, 9.17) is 0 Å². The van der Waals surface area contributed by atoms with Gasteiger partial charge in [0.1, 0.15) is 0 Å². The lowest BCUT2D eigenvalue weighted by molar-refractivity contribution is 0.131. The molecule has 0 radical (unpaired) electrons. The number of nitrogens with one attached hydrogen (secondary N) is 1. The first-order chi connectivity index (χ1) is 11.8. The first-order valence-corrected chi connectivity index (χ1v) is 8.95. The third-order valence-electron chi connectivity index (χ3n) is 5.14. The summed E-state index contributed by atoms with van der Waals surface area (Å²) in [6, 6.07) is 19.4. The van der Waals surface area contributed by atoms with Crippen molar-refractivity contribution in [3.05, 3.63) is 60.3 Å². The van der Waals surface area contributed by atoms with E-state index < -0.39 is 0 Å². The van der Waals surface area contributed by atoms with Crippen molar-refractivity contribution in [1.29, 1.82) is 0 Å². The van der Waals surface area contributed by atoms with Crippen molar-refractivity contribution in [3.8, 4) is 11.1 Å². The zero-order valence-electron chi connectivity index (χ0n) is 14.3. The smallest absolute Gasteiger partial charge is 0.0462 e. The number of para-hydroxylation sites is 1. The summed E-state index contributed by atoms with van der Waals surface area (Å²) in [5.41, 5.74) is 5.24. The van der Waals surface area contributed by atoms with Crippen LogP contribution in [-0.2, 0) is 6.54 Å². The highest BCUT2D eigenvalue weighted by atomic mass is 15.3. The zero-order valence-corrected chi connectivity index (χ0v) is 14.3. The Morgan fingerprint density at radius 1 is 0.833 bits per heavy atom. The van der Waals surface area contributed by atoms with Crippen LogP contribution in [0.2, 0.25) is 0 Å². The Morgan fingerprint density at radius 3 is 2.25 bits per heavy atom. The molecule has 0 unspecified atom stereocenters. The zero-order chi connectivity index (χ0) is 16.4. The van der Waals surface area contributed by atoms with E-state index in [1.54, 1.807) is 0 Å². The topological polar surface area (TPSA) is 22.3 Å². The quantitative estimate of drug-likeness (QED) is 0.786. The minimum Gasteiger partial charge on any atom is -0.357 e. The molecular weight excluding hydrogens is 294 g/mol. The standard InChI is InChI=1S/C21H25N3/c1-2-23-12-14-24(15-13-23)16-20-21(17-8-4-3-5-9-17)18-10-6-7-11-19(18)22-20/h3-11,22H,2,12-16H2,1H3. The van der Waals surface area contributed by atoms with Crippen LogP contribution in [-0.4, -0.2) is 47.5 Å². The number of nitrogens with zero attached hydrogens (tertiary/aromatic N) is 2. The summed E-state index contributed by atoms with van der Waals surface area (Å²) in [5, 5.41) is 1.32. The number of aromatic amines is 1. The lowest BCUT2D eigenvalue weighted by Crippen LogP contribution is -2.45. The molecule has 2 heterocycles. The number of fused-ring (bicyclic) bond motifs is 1. The third-order valence-corrected chi connectivity index (χ3v) is 5.14. The number of benzene rings is 2. The highest BCUT2D eigenvalue weighted by Crippen LogP contribution is 2.33. The average molecular weight is 319 g/mol. The van der Waals surface area contributed by atoms with Crippen molar-refractivity contribution < 1.29 is 0 Å². The molecule has 1 saturated heterocycles. The molecule has 1 N–H and O–H groups in total.